The molecule has 0 spiro atoms. The molecule has 0 saturated carbocycles. The lowest BCUT2D eigenvalue weighted by molar-refractivity contribution is -0.137. The minimum atomic E-state index is -3.57. The van der Waals surface area contributed by atoms with Gasteiger partial charge in [-0.05, 0) is 24.3 Å². The van der Waals surface area contributed by atoms with Gasteiger partial charge in [0.2, 0.25) is 0 Å². The van der Waals surface area contributed by atoms with Crippen molar-refractivity contribution < 1.29 is 18.3 Å². The third kappa shape index (κ3) is 4.02. The summed E-state index contributed by atoms with van der Waals surface area (Å²) in [6, 6.07) is 3.19. The lowest BCUT2D eigenvalue weighted by Crippen LogP contribution is -2.11. The second-order valence-corrected chi connectivity index (χ2v) is 7.64. The molecule has 2 heterocycles. The van der Waals surface area contributed by atoms with Crippen LogP contribution in [0.5, 0.6) is 0 Å². The molecule has 0 saturated heterocycles. The molecule has 2 aromatic heterocycles. The molecule has 0 fully saturated rings. The fourth-order valence-corrected chi connectivity index (χ4v) is 4.46. The summed E-state index contributed by atoms with van der Waals surface area (Å²) in [5.74, 6) is -0.848. The first-order chi connectivity index (χ1) is 9.47. The number of aliphatic carboxylic acids is 1. The van der Waals surface area contributed by atoms with Gasteiger partial charge in [-0.15, -0.1) is 22.7 Å². The first-order valence-electron chi connectivity index (χ1n) is 5.70. The number of thiazole rings is 1. The third-order valence-electron chi connectivity index (χ3n) is 2.36. The molecule has 0 aliphatic carbocycles. The van der Waals surface area contributed by atoms with Crippen molar-refractivity contribution in [1.82, 2.24) is 4.98 Å². The molecule has 2 aromatic rings. The number of sulfonamides is 1. The van der Waals surface area contributed by atoms with Gasteiger partial charge in [-0.1, -0.05) is 6.07 Å². The van der Waals surface area contributed by atoms with Crippen LogP contribution in [0, 0.1) is 0 Å². The molecule has 6 nitrogen and oxygen atoms in total. The summed E-state index contributed by atoms with van der Waals surface area (Å²) in [6.07, 6.45) is 1.08. The average Bonchev–Trinajstić information content (AvgIpc) is 2.99. The zero-order valence-corrected chi connectivity index (χ0v) is 12.7. The number of nitrogens with one attached hydrogen (secondary N) is 1. The van der Waals surface area contributed by atoms with Crippen molar-refractivity contribution in [3.63, 3.8) is 0 Å². The van der Waals surface area contributed by atoms with Crippen molar-refractivity contribution in [3.8, 4) is 0 Å². The maximum Gasteiger partial charge on any atom is 0.303 e. The summed E-state index contributed by atoms with van der Waals surface area (Å²) < 4.78 is 26.6. The minimum absolute atomic E-state index is 0.0772. The van der Waals surface area contributed by atoms with Crippen molar-refractivity contribution in [1.29, 1.82) is 0 Å². The monoisotopic (exact) mass is 332 g/mol. The Kier molecular flexibility index (Phi) is 4.73. The van der Waals surface area contributed by atoms with Crippen LogP contribution in [0.1, 0.15) is 18.5 Å². The van der Waals surface area contributed by atoms with Crippen molar-refractivity contribution in [2.45, 2.75) is 23.5 Å². The Labute approximate surface area is 124 Å². The number of carboxylic acids is 1. The molecule has 0 atom stereocenters. The van der Waals surface area contributed by atoms with Gasteiger partial charge in [-0.25, -0.2) is 13.4 Å². The lowest BCUT2D eigenvalue weighted by Gasteiger charge is -2.01. The average molecular weight is 332 g/mol. The van der Waals surface area contributed by atoms with Crippen LogP contribution in [0.25, 0.3) is 0 Å². The number of carboxylic acid groups (broad SMARTS) is 1. The third-order valence-corrected chi connectivity index (χ3v) is 6.03. The highest BCUT2D eigenvalue weighted by molar-refractivity contribution is 7.94. The molecule has 2 N–H and O–H groups in total. The van der Waals surface area contributed by atoms with Crippen LogP contribution in [0.3, 0.4) is 0 Å². The number of hydrogen-bond acceptors (Lipinski definition) is 6. The van der Waals surface area contributed by atoms with Crippen LogP contribution < -0.4 is 4.72 Å². The lowest BCUT2D eigenvalue weighted by atomic mass is 10.2. The first-order valence-corrected chi connectivity index (χ1v) is 8.94. The maximum absolute atomic E-state index is 12.0. The molecule has 0 radical (unpaired) electrons. The number of nitrogens with zero attached hydrogens (tertiary/aromatic N) is 1. The Morgan fingerprint density at radius 3 is 2.85 bits per heavy atom. The Balaban J connectivity index is 1.98. The predicted molar refractivity (Wildman–Crippen MR) is 77.8 cm³/mol. The summed E-state index contributed by atoms with van der Waals surface area (Å²) in [6.45, 7) is 0. The van der Waals surface area contributed by atoms with Crippen LogP contribution in [0.4, 0.5) is 5.13 Å². The van der Waals surface area contributed by atoms with Crippen LogP contribution in [-0.2, 0) is 21.2 Å². The standard InChI is InChI=1S/C11H12N2O4S3/c14-9(15)4-1-3-8-7-19-11(12-8)13-20(16,17)10-5-2-6-18-10/h2,5-7H,1,3-4H2,(H,12,13)(H,14,15). The van der Waals surface area contributed by atoms with Crippen LogP contribution in [-0.4, -0.2) is 24.5 Å². The number of rotatable bonds is 7. The molecule has 2 rings (SSSR count). The molecule has 0 amide bonds. The summed E-state index contributed by atoms with van der Waals surface area (Å²) in [7, 11) is -3.57. The smallest absolute Gasteiger partial charge is 0.303 e. The first kappa shape index (κ1) is 14.9. The zero-order valence-electron chi connectivity index (χ0n) is 10.3. The number of aryl methyl sites for hydroxylation is 1. The predicted octanol–water partition coefficient (Wildman–Crippen LogP) is 2.41. The van der Waals surface area contributed by atoms with Crippen LogP contribution in [0.2, 0.25) is 0 Å². The topological polar surface area (TPSA) is 96.4 Å². The molecule has 0 aliphatic heterocycles. The van der Waals surface area contributed by atoms with E-state index in [9.17, 15) is 13.2 Å². The molecule has 0 unspecified atom stereocenters. The zero-order chi connectivity index (χ0) is 14.6. The quantitative estimate of drug-likeness (QED) is 0.811. The number of thiophene rings is 1. The van der Waals surface area contributed by atoms with Gasteiger partial charge in [0.1, 0.15) is 4.21 Å². The Bertz CT molecular complexity index is 676. The Morgan fingerprint density at radius 2 is 2.20 bits per heavy atom. The van der Waals surface area contributed by atoms with E-state index in [0.29, 0.717) is 23.7 Å². The highest BCUT2D eigenvalue weighted by atomic mass is 32.2. The van der Waals surface area contributed by atoms with Crippen molar-refractivity contribution in [2.75, 3.05) is 4.72 Å². The molecular weight excluding hydrogens is 320 g/mol. The Hall–Kier alpha value is -1.45. The van der Waals surface area contributed by atoms with Gasteiger partial charge in [-0.3, -0.25) is 9.52 Å². The van der Waals surface area contributed by atoms with E-state index in [-0.39, 0.29) is 10.6 Å². The van der Waals surface area contributed by atoms with E-state index in [2.05, 4.69) is 9.71 Å². The van der Waals surface area contributed by atoms with Crippen LogP contribution in [0.15, 0.2) is 27.1 Å². The second-order valence-electron chi connectivity index (χ2n) is 3.93. The SMILES string of the molecule is O=C(O)CCCc1csc(NS(=O)(=O)c2cccs2)n1. The highest BCUT2D eigenvalue weighted by Gasteiger charge is 2.17. The van der Waals surface area contributed by atoms with E-state index in [4.69, 9.17) is 5.11 Å². The molecule has 0 bridgehead atoms. The van der Waals surface area contributed by atoms with E-state index in [1.807, 2.05) is 0 Å². The van der Waals surface area contributed by atoms with Crippen molar-refractivity contribution in [2.24, 2.45) is 0 Å². The number of anilines is 1. The van der Waals surface area contributed by atoms with Gasteiger partial charge >= 0.3 is 5.97 Å². The van der Waals surface area contributed by atoms with Gasteiger partial charge in [0.25, 0.3) is 10.0 Å². The van der Waals surface area contributed by atoms with Gasteiger partial charge < -0.3 is 5.11 Å². The van der Waals surface area contributed by atoms with E-state index in [0.717, 1.165) is 11.3 Å². The second kappa shape index (κ2) is 6.33. The fraction of sp³-hybridized carbons (Fsp3) is 0.273. The van der Waals surface area contributed by atoms with Gasteiger partial charge in [0, 0.05) is 11.8 Å². The van der Waals surface area contributed by atoms with Gasteiger partial charge in [0.05, 0.1) is 5.69 Å². The Morgan fingerprint density at radius 1 is 1.40 bits per heavy atom. The number of hydrogen-bond donors (Lipinski definition) is 2. The fourth-order valence-electron chi connectivity index (χ4n) is 1.47. The molecule has 20 heavy (non-hydrogen) atoms. The minimum Gasteiger partial charge on any atom is -0.481 e. The van der Waals surface area contributed by atoms with Crippen LogP contribution >= 0.6 is 22.7 Å². The largest absolute Gasteiger partial charge is 0.481 e. The molecule has 0 aliphatic rings. The number of aromatic nitrogens is 1. The van der Waals surface area contributed by atoms with E-state index in [1.54, 1.807) is 16.8 Å². The summed E-state index contributed by atoms with van der Waals surface area (Å²) in [5, 5.41) is 12.3. The highest BCUT2D eigenvalue weighted by Crippen LogP contribution is 2.23. The summed E-state index contributed by atoms with van der Waals surface area (Å²) >= 11 is 2.32. The van der Waals surface area contributed by atoms with E-state index >= 15 is 0 Å². The van der Waals surface area contributed by atoms with Crippen molar-refractivity contribution >= 4 is 43.8 Å². The molecular formula is C11H12N2O4S3. The van der Waals surface area contributed by atoms with Gasteiger partial charge in [0.15, 0.2) is 5.13 Å². The van der Waals surface area contributed by atoms with Crippen molar-refractivity contribution in [3.05, 3.63) is 28.6 Å². The summed E-state index contributed by atoms with van der Waals surface area (Å²) in [5.41, 5.74) is 0.695. The van der Waals surface area contributed by atoms with E-state index in [1.165, 1.54) is 17.4 Å². The van der Waals surface area contributed by atoms with E-state index < -0.39 is 16.0 Å². The number of carbonyl (C=O) groups is 1. The normalized spacial score (nSPS) is 11.4. The van der Waals surface area contributed by atoms with Gasteiger partial charge in [-0.2, -0.15) is 0 Å². The molecule has 0 aromatic carbocycles. The maximum atomic E-state index is 12.0. The molecule has 9 heteroatoms. The molecule has 108 valence electrons. The summed E-state index contributed by atoms with van der Waals surface area (Å²) in [4.78, 5) is 14.5.